The van der Waals surface area contributed by atoms with Crippen LogP contribution >= 0.6 is 11.6 Å². The summed E-state index contributed by atoms with van der Waals surface area (Å²) < 4.78 is 1.97. The Bertz CT molecular complexity index is 507. The summed E-state index contributed by atoms with van der Waals surface area (Å²) in [6, 6.07) is 4.34. The number of aromatic nitrogens is 2. The Morgan fingerprint density at radius 1 is 1.39 bits per heavy atom. The maximum absolute atomic E-state index is 5.95. The molecule has 18 heavy (non-hydrogen) atoms. The fraction of sp³-hybridized carbons (Fsp3) is 0.500. The lowest BCUT2D eigenvalue weighted by Gasteiger charge is -2.11. The van der Waals surface area contributed by atoms with Crippen LogP contribution in [0.4, 0.5) is 0 Å². The number of fused-ring (bicyclic) bond motifs is 1. The van der Waals surface area contributed by atoms with Crippen LogP contribution in [-0.4, -0.2) is 15.4 Å². The molecule has 2 heterocycles. The Morgan fingerprint density at radius 3 is 3.00 bits per heavy atom. The van der Waals surface area contributed by atoms with Crippen molar-refractivity contribution in [3.63, 3.8) is 0 Å². The van der Waals surface area contributed by atoms with Crippen molar-refractivity contribution >= 4 is 17.2 Å². The molecule has 98 valence electrons. The van der Waals surface area contributed by atoms with Crippen molar-refractivity contribution in [2.24, 2.45) is 0 Å². The Balaban J connectivity index is 1.95. The number of nitrogens with one attached hydrogen (secondary N) is 1. The highest BCUT2D eigenvalue weighted by Gasteiger charge is 2.04. The average Bonchev–Trinajstić information content (AvgIpc) is 2.75. The monoisotopic (exact) mass is 265 g/mol. The lowest BCUT2D eigenvalue weighted by Crippen LogP contribution is -2.25. The molecular weight excluding hydrogens is 246 g/mol. The Hall–Kier alpha value is -1.06. The second-order valence-corrected chi connectivity index (χ2v) is 5.21. The molecule has 0 aliphatic carbocycles. The van der Waals surface area contributed by atoms with E-state index in [1.54, 1.807) is 0 Å². The summed E-state index contributed by atoms with van der Waals surface area (Å²) >= 11 is 5.95. The number of pyridine rings is 1. The summed E-state index contributed by atoms with van der Waals surface area (Å²) in [5.74, 6) is 0. The Labute approximate surface area is 113 Å². The van der Waals surface area contributed by atoms with Crippen LogP contribution in [0.25, 0.3) is 5.65 Å². The van der Waals surface area contributed by atoms with Crippen LogP contribution in [0, 0.1) is 0 Å². The fourth-order valence-corrected chi connectivity index (χ4v) is 2.16. The van der Waals surface area contributed by atoms with Gasteiger partial charge in [-0.25, -0.2) is 4.98 Å². The zero-order chi connectivity index (χ0) is 13.0. The van der Waals surface area contributed by atoms with Gasteiger partial charge in [0.15, 0.2) is 0 Å². The molecule has 1 unspecified atom stereocenters. The minimum Gasteiger partial charge on any atom is -0.309 e. The molecule has 0 aliphatic heterocycles. The van der Waals surface area contributed by atoms with Crippen molar-refractivity contribution in [2.75, 3.05) is 0 Å². The van der Waals surface area contributed by atoms with E-state index < -0.39 is 0 Å². The summed E-state index contributed by atoms with van der Waals surface area (Å²) in [5, 5.41) is 4.23. The first-order valence-corrected chi connectivity index (χ1v) is 6.93. The van der Waals surface area contributed by atoms with Crippen LogP contribution in [0.1, 0.15) is 38.8 Å². The van der Waals surface area contributed by atoms with E-state index in [2.05, 4.69) is 24.1 Å². The molecule has 0 spiro atoms. The second-order valence-electron chi connectivity index (χ2n) is 4.77. The number of hydrogen-bond donors (Lipinski definition) is 1. The number of imidazole rings is 1. The van der Waals surface area contributed by atoms with Crippen molar-refractivity contribution in [3.8, 4) is 0 Å². The first-order valence-electron chi connectivity index (χ1n) is 6.55. The predicted molar refractivity (Wildman–Crippen MR) is 76.0 cm³/mol. The largest absolute Gasteiger partial charge is 0.309 e. The van der Waals surface area contributed by atoms with E-state index in [4.69, 9.17) is 11.6 Å². The molecule has 0 saturated carbocycles. The number of unbranched alkanes of at least 4 members (excludes halogenated alkanes) is 1. The van der Waals surface area contributed by atoms with E-state index in [1.807, 2.05) is 28.9 Å². The number of hydrogen-bond acceptors (Lipinski definition) is 2. The lowest BCUT2D eigenvalue weighted by molar-refractivity contribution is 0.492. The van der Waals surface area contributed by atoms with Gasteiger partial charge in [-0.2, -0.15) is 0 Å². The second kappa shape index (κ2) is 6.21. The van der Waals surface area contributed by atoms with Gasteiger partial charge in [-0.1, -0.05) is 31.4 Å². The minimum absolute atomic E-state index is 0.540. The average molecular weight is 266 g/mol. The number of halogens is 1. The summed E-state index contributed by atoms with van der Waals surface area (Å²) in [6.45, 7) is 5.26. The van der Waals surface area contributed by atoms with Crippen LogP contribution in [-0.2, 0) is 6.54 Å². The van der Waals surface area contributed by atoms with Gasteiger partial charge in [-0.05, 0) is 25.5 Å². The van der Waals surface area contributed by atoms with Crippen LogP contribution in [0.3, 0.4) is 0 Å². The van der Waals surface area contributed by atoms with E-state index in [9.17, 15) is 0 Å². The molecule has 2 aromatic rings. The molecule has 1 atom stereocenters. The molecule has 0 saturated heterocycles. The predicted octanol–water partition coefficient (Wildman–Crippen LogP) is 3.66. The smallest absolute Gasteiger partial charge is 0.137 e. The van der Waals surface area contributed by atoms with Crippen LogP contribution in [0.2, 0.25) is 5.02 Å². The van der Waals surface area contributed by atoms with Gasteiger partial charge < -0.3 is 9.72 Å². The maximum atomic E-state index is 5.95. The lowest BCUT2D eigenvalue weighted by atomic mass is 10.1. The normalized spacial score (nSPS) is 13.1. The third-order valence-corrected chi connectivity index (χ3v) is 3.31. The molecule has 4 heteroatoms. The van der Waals surface area contributed by atoms with E-state index in [0.717, 1.165) is 22.9 Å². The van der Waals surface area contributed by atoms with Gasteiger partial charge in [-0.15, -0.1) is 0 Å². The molecule has 0 fully saturated rings. The summed E-state index contributed by atoms with van der Waals surface area (Å²) in [4.78, 5) is 4.55. The van der Waals surface area contributed by atoms with Gasteiger partial charge in [-0.3, -0.25) is 0 Å². The molecule has 2 aromatic heterocycles. The van der Waals surface area contributed by atoms with Crippen molar-refractivity contribution < 1.29 is 0 Å². The first-order chi connectivity index (χ1) is 8.69. The van der Waals surface area contributed by atoms with Gasteiger partial charge >= 0.3 is 0 Å². The van der Waals surface area contributed by atoms with Gasteiger partial charge in [0.05, 0.1) is 10.7 Å². The first kappa shape index (κ1) is 13.4. The SMILES string of the molecule is CCCCC(C)NCc1cn2cc(Cl)ccc2n1. The van der Waals surface area contributed by atoms with Crippen molar-refractivity contribution in [1.82, 2.24) is 14.7 Å². The zero-order valence-corrected chi connectivity index (χ0v) is 11.7. The van der Waals surface area contributed by atoms with Crippen molar-refractivity contribution in [2.45, 2.75) is 45.7 Å². The number of nitrogens with zero attached hydrogens (tertiary/aromatic N) is 2. The van der Waals surface area contributed by atoms with Crippen LogP contribution in [0.5, 0.6) is 0 Å². The molecular formula is C14H20ClN3. The van der Waals surface area contributed by atoms with Gasteiger partial charge in [0.25, 0.3) is 0 Å². The third-order valence-electron chi connectivity index (χ3n) is 3.09. The molecule has 0 radical (unpaired) electrons. The summed E-state index contributed by atoms with van der Waals surface area (Å²) in [6.07, 6.45) is 7.65. The van der Waals surface area contributed by atoms with E-state index >= 15 is 0 Å². The summed E-state index contributed by atoms with van der Waals surface area (Å²) in [7, 11) is 0. The highest BCUT2D eigenvalue weighted by Crippen LogP contribution is 2.12. The van der Waals surface area contributed by atoms with Crippen molar-refractivity contribution in [3.05, 3.63) is 35.2 Å². The van der Waals surface area contributed by atoms with E-state index in [1.165, 1.54) is 19.3 Å². The highest BCUT2D eigenvalue weighted by molar-refractivity contribution is 6.30. The standard InChI is InChI=1S/C14H20ClN3/c1-3-4-5-11(2)16-8-13-10-18-9-12(15)6-7-14(18)17-13/h6-7,9-11,16H,3-5,8H2,1-2H3. The Kier molecular flexibility index (Phi) is 4.61. The van der Waals surface area contributed by atoms with Crippen molar-refractivity contribution in [1.29, 1.82) is 0 Å². The van der Waals surface area contributed by atoms with E-state index in [0.29, 0.717) is 6.04 Å². The molecule has 3 nitrogen and oxygen atoms in total. The third kappa shape index (κ3) is 3.47. The van der Waals surface area contributed by atoms with Gasteiger partial charge in [0, 0.05) is 25.0 Å². The zero-order valence-electron chi connectivity index (χ0n) is 11.0. The van der Waals surface area contributed by atoms with Crippen LogP contribution in [0.15, 0.2) is 24.5 Å². The molecule has 0 amide bonds. The topological polar surface area (TPSA) is 29.3 Å². The number of rotatable bonds is 6. The highest BCUT2D eigenvalue weighted by atomic mass is 35.5. The molecule has 2 rings (SSSR count). The van der Waals surface area contributed by atoms with Gasteiger partial charge in [0.1, 0.15) is 5.65 Å². The summed E-state index contributed by atoms with van der Waals surface area (Å²) in [5.41, 5.74) is 2.00. The maximum Gasteiger partial charge on any atom is 0.137 e. The minimum atomic E-state index is 0.540. The van der Waals surface area contributed by atoms with Crippen LogP contribution < -0.4 is 5.32 Å². The Morgan fingerprint density at radius 2 is 2.22 bits per heavy atom. The molecule has 0 aliphatic rings. The van der Waals surface area contributed by atoms with E-state index in [-0.39, 0.29) is 0 Å². The molecule has 0 bridgehead atoms. The molecule has 1 N–H and O–H groups in total. The molecule has 0 aromatic carbocycles. The quantitative estimate of drug-likeness (QED) is 0.864. The van der Waals surface area contributed by atoms with Gasteiger partial charge in [0.2, 0.25) is 0 Å². The fourth-order valence-electron chi connectivity index (χ4n) is 1.99.